The van der Waals surface area contributed by atoms with Crippen LogP contribution in [-0.4, -0.2) is 52.4 Å². The largest absolute Gasteiger partial charge is 0.494 e. The van der Waals surface area contributed by atoms with Gasteiger partial charge in [0.15, 0.2) is 10.5 Å². The summed E-state index contributed by atoms with van der Waals surface area (Å²) >= 11 is 1.14. The van der Waals surface area contributed by atoms with Crippen molar-refractivity contribution in [1.82, 2.24) is 4.31 Å². The molecule has 6 nitrogen and oxygen atoms in total. The molecule has 1 rings (SSSR count). The first kappa shape index (κ1) is 18.4. The highest BCUT2D eigenvalue weighted by Crippen LogP contribution is 2.32. The molecule has 0 aliphatic carbocycles. The van der Waals surface area contributed by atoms with E-state index in [0.29, 0.717) is 25.5 Å². The molecule has 21 heavy (non-hydrogen) atoms. The highest BCUT2D eigenvalue weighted by atomic mass is 32.2. The summed E-state index contributed by atoms with van der Waals surface area (Å²) in [6, 6.07) is 1.65. The van der Waals surface area contributed by atoms with E-state index in [1.807, 2.05) is 13.8 Å². The number of sulfonamides is 1. The van der Waals surface area contributed by atoms with Crippen molar-refractivity contribution in [2.24, 2.45) is 0 Å². The molecule has 0 radical (unpaired) electrons. The number of thiophene rings is 1. The van der Waals surface area contributed by atoms with Crippen LogP contribution in [0.1, 0.15) is 20.8 Å². The lowest BCUT2D eigenvalue weighted by molar-refractivity contribution is -0.140. The van der Waals surface area contributed by atoms with Crippen LogP contribution in [0.25, 0.3) is 0 Å². The number of ether oxygens (including phenoxy) is 3. The van der Waals surface area contributed by atoms with Crippen LogP contribution in [0, 0.1) is 0 Å². The van der Waals surface area contributed by atoms with Crippen LogP contribution in [0.5, 0.6) is 5.75 Å². The fourth-order valence-corrected chi connectivity index (χ4v) is 4.68. The lowest BCUT2D eigenvalue weighted by Gasteiger charge is -2.25. The Morgan fingerprint density at radius 1 is 1.24 bits per heavy atom. The zero-order chi connectivity index (χ0) is 15.9. The SMILES string of the molecule is CCOC(CN(CC)S(=O)(=O)c1sccc1OC)OCC. The van der Waals surface area contributed by atoms with Gasteiger partial charge in [-0.25, -0.2) is 8.42 Å². The van der Waals surface area contributed by atoms with E-state index in [2.05, 4.69) is 0 Å². The van der Waals surface area contributed by atoms with Crippen molar-refractivity contribution in [3.8, 4) is 5.75 Å². The van der Waals surface area contributed by atoms with Gasteiger partial charge in [0, 0.05) is 19.8 Å². The van der Waals surface area contributed by atoms with Gasteiger partial charge in [0.25, 0.3) is 10.0 Å². The average Bonchev–Trinajstić information content (AvgIpc) is 2.94. The lowest BCUT2D eigenvalue weighted by atomic mass is 10.5. The smallest absolute Gasteiger partial charge is 0.256 e. The number of hydrogen-bond acceptors (Lipinski definition) is 6. The van der Waals surface area contributed by atoms with Crippen molar-refractivity contribution in [2.45, 2.75) is 31.3 Å². The molecule has 0 unspecified atom stereocenters. The zero-order valence-corrected chi connectivity index (χ0v) is 14.5. The normalized spacial score (nSPS) is 12.3. The van der Waals surface area contributed by atoms with Crippen molar-refractivity contribution < 1.29 is 22.6 Å². The van der Waals surface area contributed by atoms with E-state index < -0.39 is 16.3 Å². The number of hydrogen-bond donors (Lipinski definition) is 0. The molecule has 8 heteroatoms. The van der Waals surface area contributed by atoms with E-state index in [4.69, 9.17) is 14.2 Å². The first-order valence-corrected chi connectivity index (χ1v) is 9.17. The van der Waals surface area contributed by atoms with Gasteiger partial charge in [-0.05, 0) is 25.3 Å². The summed E-state index contributed by atoms with van der Waals surface area (Å²) in [4.78, 5) is 0. The lowest BCUT2D eigenvalue weighted by Crippen LogP contribution is -2.39. The van der Waals surface area contributed by atoms with E-state index in [1.54, 1.807) is 18.4 Å². The minimum atomic E-state index is -3.62. The molecule has 0 saturated carbocycles. The van der Waals surface area contributed by atoms with Gasteiger partial charge >= 0.3 is 0 Å². The van der Waals surface area contributed by atoms with E-state index in [1.165, 1.54) is 11.4 Å². The third kappa shape index (κ3) is 4.65. The van der Waals surface area contributed by atoms with Crippen LogP contribution < -0.4 is 4.74 Å². The molecule has 122 valence electrons. The molecular weight excluding hydrogens is 314 g/mol. The van der Waals surface area contributed by atoms with Gasteiger partial charge in [-0.3, -0.25) is 0 Å². The zero-order valence-electron chi connectivity index (χ0n) is 12.9. The second kappa shape index (κ2) is 8.70. The van der Waals surface area contributed by atoms with E-state index in [-0.39, 0.29) is 10.8 Å². The van der Waals surface area contributed by atoms with Crippen LogP contribution in [0.2, 0.25) is 0 Å². The van der Waals surface area contributed by atoms with Crippen molar-refractivity contribution in [3.05, 3.63) is 11.4 Å². The Labute approximate surface area is 130 Å². The molecule has 1 aromatic rings. The Kier molecular flexibility index (Phi) is 7.61. The Bertz CT molecular complexity index is 508. The summed E-state index contributed by atoms with van der Waals surface area (Å²) in [5.74, 6) is 0.364. The summed E-state index contributed by atoms with van der Waals surface area (Å²) < 4.78 is 42.9. The minimum Gasteiger partial charge on any atom is -0.494 e. The van der Waals surface area contributed by atoms with E-state index in [9.17, 15) is 8.42 Å². The maximum absolute atomic E-state index is 12.7. The molecule has 0 fully saturated rings. The second-order valence-electron chi connectivity index (χ2n) is 4.07. The summed E-state index contributed by atoms with van der Waals surface area (Å²) in [6.07, 6.45) is -0.569. The first-order valence-electron chi connectivity index (χ1n) is 6.86. The third-order valence-electron chi connectivity index (χ3n) is 2.80. The maximum Gasteiger partial charge on any atom is 0.256 e. The molecule has 0 spiro atoms. The highest BCUT2D eigenvalue weighted by Gasteiger charge is 2.30. The fourth-order valence-electron chi connectivity index (χ4n) is 1.83. The van der Waals surface area contributed by atoms with Gasteiger partial charge < -0.3 is 14.2 Å². The van der Waals surface area contributed by atoms with Crippen molar-refractivity contribution in [3.63, 3.8) is 0 Å². The number of nitrogens with zero attached hydrogens (tertiary/aromatic N) is 1. The fraction of sp³-hybridized carbons (Fsp3) is 0.692. The standard InChI is InChI=1S/C13H23NO5S2/c1-5-14(10-12(18-6-2)19-7-3)21(15,16)13-11(17-4)8-9-20-13/h8-9,12H,5-7,10H2,1-4H3. The van der Waals surface area contributed by atoms with Gasteiger partial charge in [0.2, 0.25) is 0 Å². The summed E-state index contributed by atoms with van der Waals surface area (Å²) in [7, 11) is -2.16. The summed E-state index contributed by atoms with van der Waals surface area (Å²) in [6.45, 7) is 6.89. The Balaban J connectivity index is 2.96. The Hall–Kier alpha value is -0.670. The molecule has 0 aromatic carbocycles. The average molecular weight is 337 g/mol. The molecule has 1 aromatic heterocycles. The monoisotopic (exact) mass is 337 g/mol. The topological polar surface area (TPSA) is 65.1 Å². The predicted molar refractivity (Wildman–Crippen MR) is 82.3 cm³/mol. The Morgan fingerprint density at radius 3 is 2.33 bits per heavy atom. The van der Waals surface area contributed by atoms with Crippen LogP contribution in [-0.2, 0) is 19.5 Å². The van der Waals surface area contributed by atoms with Gasteiger partial charge in [-0.1, -0.05) is 6.92 Å². The number of likely N-dealkylation sites (N-methyl/N-ethyl adjacent to an activating group) is 1. The second-order valence-corrected chi connectivity index (χ2v) is 7.12. The predicted octanol–water partition coefficient (Wildman–Crippen LogP) is 2.17. The molecule has 1 heterocycles. The minimum absolute atomic E-state index is 0.154. The van der Waals surface area contributed by atoms with Crippen molar-refractivity contribution in [2.75, 3.05) is 33.4 Å². The molecular formula is C13H23NO5S2. The number of methoxy groups -OCH3 is 1. The van der Waals surface area contributed by atoms with Crippen LogP contribution in [0.3, 0.4) is 0 Å². The molecule has 0 saturated heterocycles. The van der Waals surface area contributed by atoms with E-state index >= 15 is 0 Å². The third-order valence-corrected chi connectivity index (χ3v) is 6.17. The van der Waals surface area contributed by atoms with E-state index in [0.717, 1.165) is 11.3 Å². The molecule has 0 aliphatic rings. The molecule has 0 bridgehead atoms. The first-order chi connectivity index (χ1) is 10.0. The summed E-state index contributed by atoms with van der Waals surface area (Å²) in [5.41, 5.74) is 0. The highest BCUT2D eigenvalue weighted by molar-refractivity contribution is 7.91. The van der Waals surface area contributed by atoms with Gasteiger partial charge in [-0.15, -0.1) is 11.3 Å². The maximum atomic E-state index is 12.7. The van der Waals surface area contributed by atoms with Gasteiger partial charge in [0.1, 0.15) is 5.75 Å². The van der Waals surface area contributed by atoms with Gasteiger partial charge in [-0.2, -0.15) is 4.31 Å². The van der Waals surface area contributed by atoms with Crippen molar-refractivity contribution in [1.29, 1.82) is 0 Å². The van der Waals surface area contributed by atoms with Crippen molar-refractivity contribution >= 4 is 21.4 Å². The number of rotatable bonds is 10. The van der Waals surface area contributed by atoms with Crippen LogP contribution in [0.4, 0.5) is 0 Å². The Morgan fingerprint density at radius 2 is 1.86 bits per heavy atom. The summed E-state index contributed by atoms with van der Waals surface area (Å²) in [5, 5.41) is 1.70. The van der Waals surface area contributed by atoms with Gasteiger partial charge in [0.05, 0.1) is 13.7 Å². The quantitative estimate of drug-likeness (QED) is 0.612. The molecule has 0 N–H and O–H groups in total. The molecule has 0 aliphatic heterocycles. The molecule has 0 amide bonds. The van der Waals surface area contributed by atoms with Crippen LogP contribution in [0.15, 0.2) is 15.7 Å². The molecule has 0 atom stereocenters. The van der Waals surface area contributed by atoms with Crippen LogP contribution >= 0.6 is 11.3 Å².